The number of nitrogens with zero attached hydrogens (tertiary/aromatic N) is 2. The summed E-state index contributed by atoms with van der Waals surface area (Å²) in [5.41, 5.74) is 3.44. The minimum Gasteiger partial charge on any atom is -0.506 e. The lowest BCUT2D eigenvalue weighted by molar-refractivity contribution is -0.138. The monoisotopic (exact) mass is 599 g/mol. The molecule has 0 aliphatic carbocycles. The van der Waals surface area contributed by atoms with Gasteiger partial charge in [-0.3, -0.25) is 4.79 Å². The van der Waals surface area contributed by atoms with E-state index in [2.05, 4.69) is 17.2 Å². The third-order valence-electron chi connectivity index (χ3n) is 6.78. The zero-order valence-electron chi connectivity index (χ0n) is 24.3. The Kier molecular flexibility index (Phi) is 9.36. The highest BCUT2D eigenvalue weighted by Gasteiger charge is 2.33. The van der Waals surface area contributed by atoms with Crippen LogP contribution in [-0.2, 0) is 33.8 Å². The van der Waals surface area contributed by atoms with Gasteiger partial charge in [-0.05, 0) is 68.3 Å². The number of aromatic nitrogens is 1. The van der Waals surface area contributed by atoms with Gasteiger partial charge in [-0.1, -0.05) is 36.9 Å². The minimum absolute atomic E-state index is 0.0160. The summed E-state index contributed by atoms with van der Waals surface area (Å²) < 4.78 is 18.0. The van der Waals surface area contributed by atoms with Crippen LogP contribution in [0.2, 0.25) is 0 Å². The van der Waals surface area contributed by atoms with Crippen molar-refractivity contribution in [3.63, 3.8) is 0 Å². The summed E-state index contributed by atoms with van der Waals surface area (Å²) in [5.74, 6) is 0.380. The van der Waals surface area contributed by atoms with Crippen LogP contribution in [0, 0.1) is 0 Å². The zero-order valence-corrected chi connectivity index (χ0v) is 25.1. The summed E-state index contributed by atoms with van der Waals surface area (Å²) in [6.45, 7) is 6.79. The molecule has 1 aliphatic heterocycles. The summed E-state index contributed by atoms with van der Waals surface area (Å²) >= 11 is 1.19. The molecule has 0 fully saturated rings. The first kappa shape index (κ1) is 29.8. The van der Waals surface area contributed by atoms with E-state index in [1.807, 2.05) is 48.0 Å². The van der Waals surface area contributed by atoms with Crippen LogP contribution in [0.1, 0.15) is 37.7 Å². The molecule has 0 radical (unpaired) electrons. The molecule has 0 spiro atoms. The number of benzene rings is 2. The van der Waals surface area contributed by atoms with E-state index in [1.54, 1.807) is 43.5 Å². The second kappa shape index (κ2) is 13.5. The minimum atomic E-state index is -0.649. The molecule has 0 saturated heterocycles. The fourth-order valence-corrected chi connectivity index (χ4v) is 5.86. The van der Waals surface area contributed by atoms with Gasteiger partial charge < -0.3 is 28.9 Å². The molecular formula is C33H33N3O6S. The molecule has 0 saturated carbocycles. The second-order valence-electron chi connectivity index (χ2n) is 9.63. The number of thioether (sulfide) groups is 1. The van der Waals surface area contributed by atoms with E-state index >= 15 is 0 Å². The fraction of sp³-hybridized carbons (Fsp3) is 0.242. The Morgan fingerprint density at radius 1 is 1.07 bits per heavy atom. The molecule has 4 aromatic rings. The average molecular weight is 600 g/mol. The SMILES string of the molecule is CCOC(=O)C1=C(O)/C(=C/c2cn(CC(=O)NCc3ccco3)c3c(CC)cccc23)SC1=Nc1ccc(OCC)cc1. The highest BCUT2D eigenvalue weighted by atomic mass is 32.2. The molecule has 3 heterocycles. The number of carbonyl (C=O) groups is 2. The largest absolute Gasteiger partial charge is 0.506 e. The number of furan rings is 1. The molecule has 2 N–H and O–H groups in total. The number of hydrogen-bond acceptors (Lipinski definition) is 8. The maximum atomic E-state index is 12.9. The van der Waals surface area contributed by atoms with Gasteiger partial charge in [-0.25, -0.2) is 9.79 Å². The Morgan fingerprint density at radius 3 is 2.58 bits per heavy atom. The van der Waals surface area contributed by atoms with E-state index < -0.39 is 5.97 Å². The Morgan fingerprint density at radius 2 is 1.88 bits per heavy atom. The molecular weight excluding hydrogens is 566 g/mol. The van der Waals surface area contributed by atoms with Crippen LogP contribution in [0.15, 0.2) is 92.7 Å². The van der Waals surface area contributed by atoms with Gasteiger partial charge >= 0.3 is 5.97 Å². The Bertz CT molecular complexity index is 1720. The van der Waals surface area contributed by atoms with Crippen LogP contribution in [0.3, 0.4) is 0 Å². The quantitative estimate of drug-likeness (QED) is 0.184. The zero-order chi connectivity index (χ0) is 30.3. The van der Waals surface area contributed by atoms with Crippen molar-refractivity contribution < 1.29 is 28.6 Å². The van der Waals surface area contributed by atoms with Crippen LogP contribution in [0.25, 0.3) is 17.0 Å². The number of fused-ring (bicyclic) bond motifs is 1. The van der Waals surface area contributed by atoms with Gasteiger partial charge in [0.15, 0.2) is 0 Å². The van der Waals surface area contributed by atoms with E-state index in [0.717, 1.165) is 28.5 Å². The van der Waals surface area contributed by atoms with E-state index in [-0.39, 0.29) is 30.4 Å². The van der Waals surface area contributed by atoms with Crippen molar-refractivity contribution in [3.8, 4) is 5.75 Å². The number of para-hydroxylation sites is 1. The van der Waals surface area contributed by atoms with Crippen LogP contribution < -0.4 is 10.1 Å². The number of ether oxygens (including phenoxy) is 2. The molecule has 2 aromatic carbocycles. The highest BCUT2D eigenvalue weighted by molar-refractivity contribution is 8.18. The average Bonchev–Trinajstić information content (AvgIpc) is 3.72. The summed E-state index contributed by atoms with van der Waals surface area (Å²) in [6, 6.07) is 16.8. The highest BCUT2D eigenvalue weighted by Crippen LogP contribution is 2.41. The molecule has 10 heteroatoms. The van der Waals surface area contributed by atoms with Crippen LogP contribution >= 0.6 is 11.8 Å². The van der Waals surface area contributed by atoms with Gasteiger partial charge in [0.2, 0.25) is 5.91 Å². The predicted molar refractivity (Wildman–Crippen MR) is 168 cm³/mol. The Balaban J connectivity index is 1.50. The summed E-state index contributed by atoms with van der Waals surface area (Å²) in [7, 11) is 0. The summed E-state index contributed by atoms with van der Waals surface area (Å²) in [5, 5.41) is 15.4. The number of amides is 1. The molecule has 0 unspecified atom stereocenters. The number of aliphatic hydroxyl groups excluding tert-OH is 1. The fourth-order valence-electron chi connectivity index (χ4n) is 4.83. The lowest BCUT2D eigenvalue weighted by Crippen LogP contribution is -2.26. The second-order valence-corrected chi connectivity index (χ2v) is 10.7. The first-order valence-electron chi connectivity index (χ1n) is 14.1. The number of hydrogen-bond donors (Lipinski definition) is 2. The molecule has 5 rings (SSSR count). The third-order valence-corrected chi connectivity index (χ3v) is 7.80. The summed E-state index contributed by atoms with van der Waals surface area (Å²) in [4.78, 5) is 30.9. The molecule has 0 bridgehead atoms. The molecule has 222 valence electrons. The predicted octanol–water partition coefficient (Wildman–Crippen LogP) is 6.70. The van der Waals surface area contributed by atoms with E-state index in [4.69, 9.17) is 13.9 Å². The van der Waals surface area contributed by atoms with Crippen molar-refractivity contribution >= 4 is 51.3 Å². The number of aliphatic hydroxyl groups is 1. The Hall–Kier alpha value is -4.70. The standard InChI is InChI=1S/C33H33N3O6S/c1-4-21-9-7-11-26-22(19-36(30(21)26)20-28(37)34-18-25-10-8-16-42-25)17-27-31(38)29(33(39)41-6-3)32(43-27)35-23-12-14-24(15-13-23)40-5-2/h7-17,19,38H,4-6,18,20H2,1-3H3,(H,34,37)/b27-17-,35-32?. The number of carbonyl (C=O) groups excluding carboxylic acids is 2. The molecule has 9 nitrogen and oxygen atoms in total. The van der Waals surface area contributed by atoms with Crippen molar-refractivity contribution in [2.75, 3.05) is 13.2 Å². The molecule has 1 aliphatic rings. The Labute approximate surface area is 253 Å². The maximum Gasteiger partial charge on any atom is 0.344 e. The number of nitrogens with one attached hydrogen (secondary N) is 1. The first-order chi connectivity index (χ1) is 20.9. The summed E-state index contributed by atoms with van der Waals surface area (Å²) in [6.07, 6.45) is 6.06. The molecule has 2 aromatic heterocycles. The first-order valence-corrected chi connectivity index (χ1v) is 14.9. The van der Waals surface area contributed by atoms with E-state index in [9.17, 15) is 14.7 Å². The van der Waals surface area contributed by atoms with Crippen molar-refractivity contribution in [1.29, 1.82) is 0 Å². The van der Waals surface area contributed by atoms with E-state index in [1.165, 1.54) is 11.8 Å². The van der Waals surface area contributed by atoms with Gasteiger partial charge in [0, 0.05) is 17.1 Å². The maximum absolute atomic E-state index is 12.9. The van der Waals surface area contributed by atoms with Crippen LogP contribution in [-0.4, -0.2) is 39.8 Å². The number of aryl methyl sites for hydroxylation is 1. The van der Waals surface area contributed by atoms with Crippen molar-refractivity contribution in [2.45, 2.75) is 40.3 Å². The smallest absolute Gasteiger partial charge is 0.344 e. The van der Waals surface area contributed by atoms with Crippen molar-refractivity contribution in [3.05, 3.63) is 100 Å². The molecule has 43 heavy (non-hydrogen) atoms. The van der Waals surface area contributed by atoms with Crippen molar-refractivity contribution in [2.24, 2.45) is 4.99 Å². The van der Waals surface area contributed by atoms with Crippen LogP contribution in [0.5, 0.6) is 5.75 Å². The van der Waals surface area contributed by atoms with E-state index in [0.29, 0.717) is 40.3 Å². The number of esters is 1. The normalized spacial score (nSPS) is 15.0. The van der Waals surface area contributed by atoms with Gasteiger partial charge in [-0.2, -0.15) is 0 Å². The van der Waals surface area contributed by atoms with Gasteiger partial charge in [0.05, 0.1) is 42.1 Å². The number of rotatable bonds is 11. The lowest BCUT2D eigenvalue weighted by atomic mass is 10.1. The van der Waals surface area contributed by atoms with Crippen LogP contribution in [0.4, 0.5) is 5.69 Å². The molecule has 0 atom stereocenters. The molecule has 1 amide bonds. The van der Waals surface area contributed by atoms with Gasteiger partial charge in [-0.15, -0.1) is 0 Å². The lowest BCUT2D eigenvalue weighted by Gasteiger charge is -2.09. The third kappa shape index (κ3) is 6.70. The van der Waals surface area contributed by atoms with Gasteiger partial charge in [0.25, 0.3) is 0 Å². The topological polar surface area (TPSA) is 115 Å². The number of aliphatic imine (C=N–C) groups is 1. The van der Waals surface area contributed by atoms with Crippen molar-refractivity contribution in [1.82, 2.24) is 9.88 Å². The van der Waals surface area contributed by atoms with Gasteiger partial charge in [0.1, 0.15) is 34.4 Å².